The fourth-order valence-electron chi connectivity index (χ4n) is 0.340. The first kappa shape index (κ1) is 37.7. The molecule has 0 aromatic rings. The van der Waals surface area contributed by atoms with Crippen molar-refractivity contribution in [2.24, 2.45) is 0 Å². The Labute approximate surface area is 115 Å². The molecule has 1 aliphatic rings. The Kier molecular flexibility index (Phi) is 124. The van der Waals surface area contributed by atoms with E-state index in [9.17, 15) is 0 Å². The van der Waals surface area contributed by atoms with Crippen LogP contribution in [-0.4, -0.2) is 19.5 Å². The first-order valence-electron chi connectivity index (χ1n) is 2.22. The van der Waals surface area contributed by atoms with Crippen LogP contribution in [0.1, 0.15) is 6.42 Å². The van der Waals surface area contributed by atoms with Crippen LogP contribution in [0.15, 0.2) is 18.2 Å². The van der Waals surface area contributed by atoms with Crippen molar-refractivity contribution in [3.63, 3.8) is 0 Å². The molecule has 0 unspecified atom stereocenters. The van der Waals surface area contributed by atoms with E-state index in [1.165, 1.54) is 0 Å². The minimum absolute atomic E-state index is 0. The molecule has 1 aliphatic carbocycles. The van der Waals surface area contributed by atoms with Gasteiger partial charge in [-0.2, -0.15) is 6.08 Å². The van der Waals surface area contributed by atoms with Gasteiger partial charge in [0, 0.05) is 0 Å². The molecule has 0 saturated carbocycles. The summed E-state index contributed by atoms with van der Waals surface area (Å²) < 4.78 is 0. The topological polar surface area (TPSA) is 0 Å². The van der Waals surface area contributed by atoms with Crippen LogP contribution in [0, 0.1) is 20.9 Å². The van der Waals surface area contributed by atoms with Gasteiger partial charge in [-0.05, 0) is 19.5 Å². The molecule has 0 bridgehead atoms. The number of hydrogen-bond donors (Lipinski definition) is 0. The summed E-state index contributed by atoms with van der Waals surface area (Å²) in [6.45, 7) is 0. The summed E-state index contributed by atoms with van der Waals surface area (Å²) in [5, 5.41) is 0. The molecule has 71 valence electrons. The minimum atomic E-state index is 0. The molecule has 0 saturated heterocycles. The zero-order chi connectivity index (χ0) is 5.54. The first-order valence-corrected chi connectivity index (χ1v) is 6.22. The maximum absolute atomic E-state index is 2.99. The maximum atomic E-state index is 2.99. The summed E-state index contributed by atoms with van der Waals surface area (Å²) in [4.78, 5) is 0. The fraction of sp³-hybridized carbons (Fsp3) is 0.143. The third-order valence-electron chi connectivity index (χ3n) is 0.586. The molecule has 0 aromatic heterocycles. The van der Waals surface area contributed by atoms with E-state index in [2.05, 4.69) is 12.2 Å². The molecule has 0 aromatic carbocycles. The zero-order valence-corrected chi connectivity index (χ0v) is 14.6. The van der Waals surface area contributed by atoms with E-state index in [1.807, 2.05) is 31.7 Å². The molecule has 3 radical (unpaired) electrons. The SMILES string of the molecule is Cl.Cl.[C-]1=CC=CC1.[CH3-].[CH3-].[SiH2][SiH2].[Zr+3]. The Morgan fingerprint density at radius 2 is 1.50 bits per heavy atom. The van der Waals surface area contributed by atoms with E-state index in [0.29, 0.717) is 0 Å². The number of halogens is 2. The Bertz CT molecular complexity index is 77.5. The molecule has 0 heterocycles. The molecule has 1 rings (SSSR count). The monoisotopic (exact) mass is 317 g/mol. The van der Waals surface area contributed by atoms with Crippen LogP contribution in [0.5, 0.6) is 0 Å². The Balaban J connectivity index is -0.0000000122. The summed E-state index contributed by atoms with van der Waals surface area (Å²) in [5.41, 5.74) is 0. The smallest absolute Gasteiger partial charge is 0.358 e. The molecule has 0 aliphatic heterocycles. The van der Waals surface area contributed by atoms with Crippen molar-refractivity contribution in [3.8, 4) is 0 Å². The maximum Gasteiger partial charge on any atom is 3.00 e. The van der Waals surface area contributed by atoms with E-state index in [0.717, 1.165) is 6.42 Å². The van der Waals surface area contributed by atoms with E-state index in [1.54, 1.807) is 0 Å². The van der Waals surface area contributed by atoms with Crippen molar-refractivity contribution >= 4 is 44.3 Å². The molecular formula is C7H17Cl2Si2Zr. The van der Waals surface area contributed by atoms with Crippen molar-refractivity contribution in [3.05, 3.63) is 39.2 Å². The molecule has 0 fully saturated rings. The van der Waals surface area contributed by atoms with Gasteiger partial charge in [0.1, 0.15) is 0 Å². The van der Waals surface area contributed by atoms with Crippen molar-refractivity contribution < 1.29 is 26.2 Å². The van der Waals surface area contributed by atoms with Crippen molar-refractivity contribution in [2.45, 2.75) is 6.42 Å². The summed E-state index contributed by atoms with van der Waals surface area (Å²) in [7, 11) is 3.78. The standard InChI is InChI=1S/C5H5.2CH3.2ClH.H4Si2.Zr/c1-2-4-5-3-1;;;;;1-2;/h1-3H,4H2;2*1H3;2*1H;1-2H2;/q3*-1;;;;+3. The second kappa shape index (κ2) is 39.4. The summed E-state index contributed by atoms with van der Waals surface area (Å²) in [6.07, 6.45) is 10.0. The second-order valence-electron chi connectivity index (χ2n) is 1.00. The molecule has 12 heavy (non-hydrogen) atoms. The predicted molar refractivity (Wildman–Crippen MR) is 66.0 cm³/mol. The van der Waals surface area contributed by atoms with E-state index < -0.39 is 0 Å². The van der Waals surface area contributed by atoms with Gasteiger partial charge in [-0.25, -0.2) is 12.2 Å². The van der Waals surface area contributed by atoms with Crippen LogP contribution in [0.4, 0.5) is 0 Å². The Morgan fingerprint density at radius 1 is 1.08 bits per heavy atom. The fourth-order valence-corrected chi connectivity index (χ4v) is 0.340. The first-order chi connectivity index (χ1) is 3.50. The van der Waals surface area contributed by atoms with Crippen molar-refractivity contribution in [1.29, 1.82) is 0 Å². The minimum Gasteiger partial charge on any atom is -0.358 e. The molecule has 0 amide bonds. The zero-order valence-electron chi connectivity index (χ0n) is 7.67. The van der Waals surface area contributed by atoms with Crippen LogP contribution in [0.3, 0.4) is 0 Å². The number of hydrogen-bond acceptors (Lipinski definition) is 0. The molecule has 5 heteroatoms. The molecule has 0 spiro atoms. The molecule has 0 N–H and O–H groups in total. The van der Waals surface area contributed by atoms with Gasteiger partial charge in [-0.15, -0.1) is 31.2 Å². The Hall–Kier alpha value is 1.38. The summed E-state index contributed by atoms with van der Waals surface area (Å²) in [5.74, 6) is 0. The quantitative estimate of drug-likeness (QED) is 0.465. The van der Waals surface area contributed by atoms with Gasteiger partial charge in [0.2, 0.25) is 0 Å². The predicted octanol–water partition coefficient (Wildman–Crippen LogP) is 1.21. The third-order valence-corrected chi connectivity index (χ3v) is 0.586. The van der Waals surface area contributed by atoms with Gasteiger partial charge in [0.25, 0.3) is 0 Å². The number of rotatable bonds is 0. The normalized spacial score (nSPS) is 7.83. The van der Waals surface area contributed by atoms with Crippen LogP contribution < -0.4 is 0 Å². The van der Waals surface area contributed by atoms with E-state index >= 15 is 0 Å². The van der Waals surface area contributed by atoms with Gasteiger partial charge >= 0.3 is 26.2 Å². The van der Waals surface area contributed by atoms with Crippen molar-refractivity contribution in [1.82, 2.24) is 0 Å². The second-order valence-corrected chi connectivity index (χ2v) is 1.00. The average Bonchev–Trinajstić information content (AvgIpc) is 2.23. The Morgan fingerprint density at radius 3 is 1.58 bits per heavy atom. The van der Waals surface area contributed by atoms with Gasteiger partial charge < -0.3 is 14.9 Å². The van der Waals surface area contributed by atoms with Crippen LogP contribution in [0.2, 0.25) is 0 Å². The number of allylic oxidation sites excluding steroid dienone is 4. The van der Waals surface area contributed by atoms with E-state index in [4.69, 9.17) is 0 Å². The molecule has 0 atom stereocenters. The van der Waals surface area contributed by atoms with Crippen molar-refractivity contribution in [2.75, 3.05) is 0 Å². The third kappa shape index (κ3) is 30.1. The largest absolute Gasteiger partial charge is 3.00 e. The van der Waals surface area contributed by atoms with Gasteiger partial charge in [0.05, 0.1) is 0 Å². The van der Waals surface area contributed by atoms with Gasteiger partial charge in [0.15, 0.2) is 0 Å². The van der Waals surface area contributed by atoms with Crippen LogP contribution in [0.25, 0.3) is 0 Å². The van der Waals surface area contributed by atoms with Gasteiger partial charge in [-0.1, -0.05) is 0 Å². The van der Waals surface area contributed by atoms with Crippen LogP contribution >= 0.6 is 24.8 Å². The molecular weight excluding hydrogens is 302 g/mol. The summed E-state index contributed by atoms with van der Waals surface area (Å²) in [6, 6.07) is 0. The molecule has 0 nitrogen and oxygen atoms in total. The van der Waals surface area contributed by atoms with Crippen LogP contribution in [-0.2, 0) is 26.2 Å². The van der Waals surface area contributed by atoms with Gasteiger partial charge in [-0.3, -0.25) is 6.08 Å². The average molecular weight is 320 g/mol. The van der Waals surface area contributed by atoms with E-state index in [-0.39, 0.29) is 65.9 Å². The summed E-state index contributed by atoms with van der Waals surface area (Å²) >= 11 is 0.